The van der Waals surface area contributed by atoms with E-state index in [-0.39, 0.29) is 29.6 Å². The van der Waals surface area contributed by atoms with E-state index in [0.29, 0.717) is 19.5 Å². The number of likely N-dealkylation sites (tertiary alicyclic amines) is 1. The first-order valence-corrected chi connectivity index (χ1v) is 7.04. The summed E-state index contributed by atoms with van der Waals surface area (Å²) in [6, 6.07) is 3.81. The van der Waals surface area contributed by atoms with Gasteiger partial charge in [-0.2, -0.15) is 0 Å². The van der Waals surface area contributed by atoms with Gasteiger partial charge < -0.3 is 15.7 Å². The lowest BCUT2D eigenvalue weighted by Crippen LogP contribution is -2.40. The van der Waals surface area contributed by atoms with Crippen molar-refractivity contribution in [3.63, 3.8) is 0 Å². The maximum atomic E-state index is 13.7. The summed E-state index contributed by atoms with van der Waals surface area (Å²) < 4.78 is 13.7. The van der Waals surface area contributed by atoms with Crippen molar-refractivity contribution in [1.29, 1.82) is 0 Å². The molecular weight excluding hydrogens is 275 g/mol. The predicted molar refractivity (Wildman–Crippen MR) is 75.1 cm³/mol. The van der Waals surface area contributed by atoms with Gasteiger partial charge in [-0.25, -0.2) is 4.39 Å². The summed E-state index contributed by atoms with van der Waals surface area (Å²) in [7, 11) is 0. The quantitative estimate of drug-likeness (QED) is 0.885. The minimum absolute atomic E-state index is 0.184. The number of nitrogens with two attached hydrogens (primary N) is 1. The number of phenols is 1. The van der Waals surface area contributed by atoms with Crippen LogP contribution in [0.5, 0.6) is 5.75 Å². The molecule has 2 amide bonds. The van der Waals surface area contributed by atoms with Gasteiger partial charge in [-0.3, -0.25) is 9.59 Å². The normalized spacial score (nSPS) is 18.5. The largest absolute Gasteiger partial charge is 0.507 e. The van der Waals surface area contributed by atoms with Crippen molar-refractivity contribution in [3.8, 4) is 5.75 Å². The van der Waals surface area contributed by atoms with Crippen LogP contribution >= 0.6 is 0 Å². The zero-order valence-electron chi connectivity index (χ0n) is 11.7. The second-order valence-corrected chi connectivity index (χ2v) is 5.40. The molecule has 0 aliphatic carbocycles. The third-order valence-corrected chi connectivity index (χ3v) is 3.81. The lowest BCUT2D eigenvalue weighted by Gasteiger charge is -2.33. The number of nitrogens with zero attached hydrogens (tertiary/aromatic N) is 1. The molecule has 1 fully saturated rings. The van der Waals surface area contributed by atoms with Crippen LogP contribution in [0.15, 0.2) is 18.2 Å². The summed E-state index contributed by atoms with van der Waals surface area (Å²) in [5, 5.41) is 9.69. The van der Waals surface area contributed by atoms with Crippen LogP contribution in [0.3, 0.4) is 0 Å². The van der Waals surface area contributed by atoms with Crippen molar-refractivity contribution in [2.75, 3.05) is 13.1 Å². The van der Waals surface area contributed by atoms with Crippen molar-refractivity contribution in [1.82, 2.24) is 4.90 Å². The van der Waals surface area contributed by atoms with Gasteiger partial charge >= 0.3 is 0 Å². The summed E-state index contributed by atoms with van der Waals surface area (Å²) in [5.74, 6) is -1.75. The molecule has 1 aliphatic heterocycles. The molecule has 3 N–H and O–H groups in total. The average Bonchev–Trinajstić information content (AvgIpc) is 2.45. The van der Waals surface area contributed by atoms with Crippen LogP contribution < -0.4 is 5.73 Å². The Morgan fingerprint density at radius 2 is 2.19 bits per heavy atom. The monoisotopic (exact) mass is 294 g/mol. The molecule has 0 aromatic heterocycles. The van der Waals surface area contributed by atoms with Crippen LogP contribution in [0.25, 0.3) is 0 Å². The molecule has 0 bridgehead atoms. The summed E-state index contributed by atoms with van der Waals surface area (Å²) in [4.78, 5) is 24.7. The Balaban J connectivity index is 2.07. The second-order valence-electron chi connectivity index (χ2n) is 5.40. The number of carbonyl (C=O) groups excluding carboxylic acids is 2. The van der Waals surface area contributed by atoms with Crippen LogP contribution in [-0.4, -0.2) is 34.9 Å². The van der Waals surface area contributed by atoms with Gasteiger partial charge in [0.15, 0.2) is 0 Å². The number of phenolic OH excluding ortho intramolecular Hbond substituents is 1. The molecule has 1 aromatic carbocycles. The number of rotatable bonds is 4. The number of aromatic hydroxyl groups is 1. The highest BCUT2D eigenvalue weighted by Gasteiger charge is 2.27. The molecule has 5 nitrogen and oxygen atoms in total. The fourth-order valence-corrected chi connectivity index (χ4v) is 2.71. The Morgan fingerprint density at radius 1 is 1.43 bits per heavy atom. The van der Waals surface area contributed by atoms with E-state index in [1.807, 2.05) is 0 Å². The van der Waals surface area contributed by atoms with Gasteiger partial charge in [0.1, 0.15) is 17.1 Å². The highest BCUT2D eigenvalue weighted by molar-refractivity contribution is 5.97. The fraction of sp³-hybridized carbons (Fsp3) is 0.467. The topological polar surface area (TPSA) is 83.6 Å². The van der Waals surface area contributed by atoms with E-state index in [1.165, 1.54) is 17.0 Å². The number of carbonyl (C=O) groups is 2. The van der Waals surface area contributed by atoms with E-state index in [1.54, 1.807) is 0 Å². The Morgan fingerprint density at radius 3 is 2.86 bits per heavy atom. The summed E-state index contributed by atoms with van der Waals surface area (Å²) in [6.45, 7) is 0.986. The number of halogens is 1. The van der Waals surface area contributed by atoms with Crippen molar-refractivity contribution < 1.29 is 19.1 Å². The molecular formula is C15H19FN2O3. The minimum atomic E-state index is -0.723. The first kappa shape index (κ1) is 15.3. The molecule has 0 saturated carbocycles. The molecule has 1 atom stereocenters. The standard InChI is InChI=1S/C15H19FN2O3/c16-11-4-1-5-12(19)14(11)15(21)18-8-2-3-10(9-18)6-7-13(17)20/h1,4-5,10,19H,2-3,6-9H2,(H2,17,20). The van der Waals surface area contributed by atoms with Gasteiger partial charge in [0.05, 0.1) is 0 Å². The summed E-state index contributed by atoms with van der Waals surface area (Å²) in [5.41, 5.74) is 4.85. The van der Waals surface area contributed by atoms with Crippen molar-refractivity contribution >= 4 is 11.8 Å². The SMILES string of the molecule is NC(=O)CCC1CCCN(C(=O)c2c(O)cccc2F)C1. The predicted octanol–water partition coefficient (Wildman–Crippen LogP) is 1.65. The number of hydrogen-bond acceptors (Lipinski definition) is 3. The number of piperidine rings is 1. The molecule has 6 heteroatoms. The van der Waals surface area contributed by atoms with E-state index in [4.69, 9.17) is 5.73 Å². The number of hydrogen-bond donors (Lipinski definition) is 2. The molecule has 1 saturated heterocycles. The zero-order chi connectivity index (χ0) is 15.4. The second kappa shape index (κ2) is 6.56. The molecule has 1 aliphatic rings. The van der Waals surface area contributed by atoms with E-state index in [0.717, 1.165) is 18.9 Å². The maximum absolute atomic E-state index is 13.7. The van der Waals surface area contributed by atoms with E-state index in [2.05, 4.69) is 0 Å². The fourth-order valence-electron chi connectivity index (χ4n) is 2.71. The van der Waals surface area contributed by atoms with Crippen molar-refractivity contribution in [3.05, 3.63) is 29.6 Å². The molecule has 2 rings (SSSR count). The molecule has 21 heavy (non-hydrogen) atoms. The van der Waals surface area contributed by atoms with Gasteiger partial charge in [0, 0.05) is 19.5 Å². The lowest BCUT2D eigenvalue weighted by molar-refractivity contribution is -0.118. The Kier molecular flexibility index (Phi) is 4.77. The van der Waals surface area contributed by atoms with E-state index < -0.39 is 11.7 Å². The van der Waals surface area contributed by atoms with Gasteiger partial charge in [-0.1, -0.05) is 6.07 Å². The first-order chi connectivity index (χ1) is 9.99. The van der Waals surface area contributed by atoms with Gasteiger partial charge in [0.25, 0.3) is 5.91 Å². The maximum Gasteiger partial charge on any atom is 0.260 e. The van der Waals surface area contributed by atoms with Crippen LogP contribution in [0.1, 0.15) is 36.0 Å². The van der Waals surface area contributed by atoms with E-state index >= 15 is 0 Å². The highest BCUT2D eigenvalue weighted by atomic mass is 19.1. The van der Waals surface area contributed by atoms with Gasteiger partial charge in [-0.15, -0.1) is 0 Å². The van der Waals surface area contributed by atoms with Crippen molar-refractivity contribution in [2.45, 2.75) is 25.7 Å². The summed E-state index contributed by atoms with van der Waals surface area (Å²) >= 11 is 0. The molecule has 1 unspecified atom stereocenters. The van der Waals surface area contributed by atoms with Crippen LogP contribution in [0.4, 0.5) is 4.39 Å². The summed E-state index contributed by atoms with van der Waals surface area (Å²) in [6.07, 6.45) is 2.63. The molecule has 114 valence electrons. The minimum Gasteiger partial charge on any atom is -0.507 e. The van der Waals surface area contributed by atoms with Crippen molar-refractivity contribution in [2.24, 2.45) is 11.7 Å². The number of primary amides is 1. The third-order valence-electron chi connectivity index (χ3n) is 3.81. The number of benzene rings is 1. The Labute approximate surface area is 122 Å². The number of amides is 2. The van der Waals surface area contributed by atoms with Crippen LogP contribution in [-0.2, 0) is 4.79 Å². The van der Waals surface area contributed by atoms with Gasteiger partial charge in [0.2, 0.25) is 5.91 Å². The zero-order valence-corrected chi connectivity index (χ0v) is 11.7. The molecule has 1 aromatic rings. The first-order valence-electron chi connectivity index (χ1n) is 7.04. The van der Waals surface area contributed by atoms with Crippen LogP contribution in [0.2, 0.25) is 0 Å². The van der Waals surface area contributed by atoms with Gasteiger partial charge in [-0.05, 0) is 37.3 Å². The third kappa shape index (κ3) is 3.71. The van der Waals surface area contributed by atoms with Crippen LogP contribution in [0, 0.1) is 11.7 Å². The van der Waals surface area contributed by atoms with E-state index in [9.17, 15) is 19.1 Å². The molecule has 0 spiro atoms. The molecule has 0 radical (unpaired) electrons. The smallest absolute Gasteiger partial charge is 0.260 e. The average molecular weight is 294 g/mol. The lowest BCUT2D eigenvalue weighted by atomic mass is 9.93. The highest BCUT2D eigenvalue weighted by Crippen LogP contribution is 2.26. The molecule has 1 heterocycles. The Bertz CT molecular complexity index is 527. The Hall–Kier alpha value is -2.11.